The van der Waals surface area contributed by atoms with E-state index < -0.39 is 0 Å². The summed E-state index contributed by atoms with van der Waals surface area (Å²) in [4.78, 5) is 4.18. The van der Waals surface area contributed by atoms with E-state index in [-0.39, 0.29) is 12.0 Å². The summed E-state index contributed by atoms with van der Waals surface area (Å²) in [5, 5.41) is 14.0. The van der Waals surface area contributed by atoms with E-state index in [1.54, 1.807) is 11.0 Å². The highest BCUT2D eigenvalue weighted by molar-refractivity contribution is 4.99. The highest BCUT2D eigenvalue weighted by Gasteiger charge is 2.27. The highest BCUT2D eigenvalue weighted by Crippen LogP contribution is 2.30. The maximum absolute atomic E-state index is 9.74. The first-order valence-electron chi connectivity index (χ1n) is 4.81. The van der Waals surface area contributed by atoms with Crippen LogP contribution in [-0.2, 0) is 7.05 Å². The molecule has 0 amide bonds. The van der Waals surface area contributed by atoms with E-state index in [4.69, 9.17) is 0 Å². The predicted molar refractivity (Wildman–Crippen MR) is 48.2 cm³/mol. The molecule has 0 unspecified atom stereocenters. The van der Waals surface area contributed by atoms with E-state index >= 15 is 0 Å². The zero-order valence-corrected chi connectivity index (χ0v) is 7.85. The van der Waals surface area contributed by atoms with Gasteiger partial charge in [-0.2, -0.15) is 5.10 Å². The Bertz CT molecular complexity index is 284. The molecular formula is C9H15N3O. The van der Waals surface area contributed by atoms with Crippen molar-refractivity contribution in [1.82, 2.24) is 14.8 Å². The molecule has 13 heavy (non-hydrogen) atoms. The average molecular weight is 181 g/mol. The van der Waals surface area contributed by atoms with Crippen LogP contribution in [0.2, 0.25) is 0 Å². The lowest BCUT2D eigenvalue weighted by Gasteiger charge is -2.24. The SMILES string of the molecule is Cn1cnc([C@@H]2CCCC[C@H]2O)n1. The molecule has 0 radical (unpaired) electrons. The van der Waals surface area contributed by atoms with Gasteiger partial charge in [0.15, 0.2) is 5.82 Å². The summed E-state index contributed by atoms with van der Waals surface area (Å²) in [6.45, 7) is 0. The van der Waals surface area contributed by atoms with Crippen molar-refractivity contribution in [2.75, 3.05) is 0 Å². The molecule has 1 fully saturated rings. The van der Waals surface area contributed by atoms with E-state index in [1.165, 1.54) is 6.42 Å². The van der Waals surface area contributed by atoms with Gasteiger partial charge in [-0.15, -0.1) is 0 Å². The lowest BCUT2D eigenvalue weighted by Crippen LogP contribution is -2.23. The Morgan fingerprint density at radius 1 is 1.46 bits per heavy atom. The Morgan fingerprint density at radius 2 is 2.23 bits per heavy atom. The van der Waals surface area contributed by atoms with Crippen LogP contribution < -0.4 is 0 Å². The predicted octanol–water partition coefficient (Wildman–Crippen LogP) is 0.834. The molecule has 0 aromatic carbocycles. The first-order valence-corrected chi connectivity index (χ1v) is 4.81. The number of aliphatic hydroxyl groups is 1. The van der Waals surface area contributed by atoms with E-state index in [9.17, 15) is 5.11 Å². The molecule has 0 aliphatic heterocycles. The number of nitrogens with zero attached hydrogens (tertiary/aromatic N) is 3. The third kappa shape index (κ3) is 1.72. The van der Waals surface area contributed by atoms with E-state index in [0.29, 0.717) is 0 Å². The van der Waals surface area contributed by atoms with E-state index in [1.807, 2.05) is 7.05 Å². The second kappa shape index (κ2) is 3.46. The molecule has 1 aromatic rings. The number of hydrogen-bond acceptors (Lipinski definition) is 3. The Kier molecular flexibility index (Phi) is 2.31. The van der Waals surface area contributed by atoms with Gasteiger partial charge in [0.1, 0.15) is 6.33 Å². The topological polar surface area (TPSA) is 50.9 Å². The molecule has 72 valence electrons. The second-order valence-electron chi connectivity index (χ2n) is 3.73. The van der Waals surface area contributed by atoms with Crippen LogP contribution in [-0.4, -0.2) is 26.0 Å². The van der Waals surface area contributed by atoms with Crippen LogP contribution in [0.15, 0.2) is 6.33 Å². The molecule has 1 aliphatic rings. The fourth-order valence-corrected chi connectivity index (χ4v) is 1.94. The third-order valence-corrected chi connectivity index (χ3v) is 2.68. The first kappa shape index (κ1) is 8.69. The number of rotatable bonds is 1. The Morgan fingerprint density at radius 3 is 2.85 bits per heavy atom. The van der Waals surface area contributed by atoms with Crippen molar-refractivity contribution in [2.45, 2.75) is 37.7 Å². The van der Waals surface area contributed by atoms with Crippen LogP contribution in [0.4, 0.5) is 0 Å². The number of aromatic nitrogens is 3. The molecule has 1 aromatic heterocycles. The quantitative estimate of drug-likeness (QED) is 0.698. The lowest BCUT2D eigenvalue weighted by molar-refractivity contribution is 0.102. The van der Waals surface area contributed by atoms with Crippen LogP contribution in [0.3, 0.4) is 0 Å². The molecule has 1 aliphatic carbocycles. The van der Waals surface area contributed by atoms with Crippen LogP contribution in [0.5, 0.6) is 0 Å². The summed E-state index contributed by atoms with van der Waals surface area (Å²) >= 11 is 0. The van der Waals surface area contributed by atoms with Gasteiger partial charge >= 0.3 is 0 Å². The number of aryl methyl sites for hydroxylation is 1. The molecule has 1 N–H and O–H groups in total. The van der Waals surface area contributed by atoms with Gasteiger partial charge in [0.2, 0.25) is 0 Å². The van der Waals surface area contributed by atoms with Crippen molar-refractivity contribution >= 4 is 0 Å². The third-order valence-electron chi connectivity index (χ3n) is 2.68. The van der Waals surface area contributed by atoms with Crippen LogP contribution in [0.1, 0.15) is 37.4 Å². The van der Waals surface area contributed by atoms with Gasteiger partial charge < -0.3 is 5.11 Å². The number of hydrogen-bond donors (Lipinski definition) is 1. The Labute approximate surface area is 77.6 Å². The zero-order chi connectivity index (χ0) is 9.26. The van der Waals surface area contributed by atoms with E-state index in [0.717, 1.165) is 25.1 Å². The van der Waals surface area contributed by atoms with Crippen molar-refractivity contribution in [2.24, 2.45) is 7.05 Å². The summed E-state index contributed by atoms with van der Waals surface area (Å²) in [5.74, 6) is 0.963. The normalized spacial score (nSPS) is 29.1. The molecule has 0 spiro atoms. The highest BCUT2D eigenvalue weighted by atomic mass is 16.3. The summed E-state index contributed by atoms with van der Waals surface area (Å²) in [6.07, 6.45) is 5.67. The van der Waals surface area contributed by atoms with Crippen molar-refractivity contribution < 1.29 is 5.11 Å². The molecular weight excluding hydrogens is 166 g/mol. The fraction of sp³-hybridized carbons (Fsp3) is 0.778. The molecule has 1 heterocycles. The first-order chi connectivity index (χ1) is 6.27. The second-order valence-corrected chi connectivity index (χ2v) is 3.73. The smallest absolute Gasteiger partial charge is 0.156 e. The van der Waals surface area contributed by atoms with Crippen molar-refractivity contribution in [3.63, 3.8) is 0 Å². The van der Waals surface area contributed by atoms with Crippen LogP contribution in [0, 0.1) is 0 Å². The Balaban J connectivity index is 2.14. The standard InChI is InChI=1S/C9H15N3O/c1-12-6-10-9(11-12)7-4-2-3-5-8(7)13/h6-8,13H,2-5H2,1H3/t7-,8-/m1/s1. The number of aliphatic hydroxyl groups excluding tert-OH is 1. The van der Waals surface area contributed by atoms with Gasteiger partial charge in [-0.25, -0.2) is 4.98 Å². The zero-order valence-electron chi connectivity index (χ0n) is 7.85. The van der Waals surface area contributed by atoms with Crippen LogP contribution >= 0.6 is 0 Å². The van der Waals surface area contributed by atoms with Crippen LogP contribution in [0.25, 0.3) is 0 Å². The van der Waals surface area contributed by atoms with Crippen molar-refractivity contribution in [1.29, 1.82) is 0 Å². The summed E-state index contributed by atoms with van der Waals surface area (Å²) in [6, 6.07) is 0. The monoisotopic (exact) mass is 181 g/mol. The molecule has 2 atom stereocenters. The van der Waals surface area contributed by atoms with Crippen molar-refractivity contribution in [3.8, 4) is 0 Å². The van der Waals surface area contributed by atoms with Gasteiger partial charge in [0.25, 0.3) is 0 Å². The summed E-state index contributed by atoms with van der Waals surface area (Å²) in [7, 11) is 1.85. The maximum Gasteiger partial charge on any atom is 0.156 e. The minimum Gasteiger partial charge on any atom is -0.392 e. The van der Waals surface area contributed by atoms with Crippen molar-refractivity contribution in [3.05, 3.63) is 12.2 Å². The molecule has 4 nitrogen and oxygen atoms in total. The minimum absolute atomic E-state index is 0.162. The maximum atomic E-state index is 9.74. The Hall–Kier alpha value is -0.900. The largest absolute Gasteiger partial charge is 0.392 e. The summed E-state index contributed by atoms with van der Waals surface area (Å²) < 4.78 is 1.69. The van der Waals surface area contributed by atoms with Gasteiger partial charge in [-0.3, -0.25) is 4.68 Å². The molecule has 1 saturated carbocycles. The van der Waals surface area contributed by atoms with E-state index in [2.05, 4.69) is 10.1 Å². The molecule has 4 heteroatoms. The minimum atomic E-state index is -0.240. The van der Waals surface area contributed by atoms with Gasteiger partial charge in [-0.05, 0) is 12.8 Å². The summed E-state index contributed by atoms with van der Waals surface area (Å²) in [5.41, 5.74) is 0. The lowest BCUT2D eigenvalue weighted by atomic mass is 9.86. The molecule has 0 saturated heterocycles. The van der Waals surface area contributed by atoms with Gasteiger partial charge in [0, 0.05) is 13.0 Å². The average Bonchev–Trinajstić information content (AvgIpc) is 2.53. The van der Waals surface area contributed by atoms with Gasteiger partial charge in [-0.1, -0.05) is 12.8 Å². The molecule has 2 rings (SSSR count). The fourth-order valence-electron chi connectivity index (χ4n) is 1.94. The van der Waals surface area contributed by atoms with Gasteiger partial charge in [0.05, 0.1) is 6.10 Å². The molecule has 0 bridgehead atoms.